The maximum absolute atomic E-state index is 12.5. The molecule has 0 amide bonds. The Bertz CT molecular complexity index is 78.5. The standard InChI is InChI=1S/C5H11BFN/c1-4-5(7)2-3-8(4)6/h4-5H,2-3,6H2,1H3. The minimum atomic E-state index is -0.583. The van der Waals surface area contributed by atoms with E-state index in [0.717, 1.165) is 13.0 Å². The summed E-state index contributed by atoms with van der Waals surface area (Å²) in [5.41, 5.74) is 0. The number of hydrogen-bond donors (Lipinski definition) is 0. The van der Waals surface area contributed by atoms with Crippen LogP contribution in [0, 0.1) is 0 Å². The van der Waals surface area contributed by atoms with Crippen LogP contribution in [0.15, 0.2) is 0 Å². The van der Waals surface area contributed by atoms with Crippen molar-refractivity contribution in [2.45, 2.75) is 25.6 Å². The molecule has 0 aromatic carbocycles. The number of halogens is 1. The summed E-state index contributed by atoms with van der Waals surface area (Å²) >= 11 is 0. The highest BCUT2D eigenvalue weighted by atomic mass is 19.1. The van der Waals surface area contributed by atoms with E-state index in [1.807, 2.05) is 19.7 Å². The van der Waals surface area contributed by atoms with Crippen LogP contribution in [0.5, 0.6) is 0 Å². The van der Waals surface area contributed by atoms with Gasteiger partial charge in [0.1, 0.15) is 6.17 Å². The summed E-state index contributed by atoms with van der Waals surface area (Å²) in [5, 5.41) is 0. The van der Waals surface area contributed by atoms with Crippen molar-refractivity contribution in [3.8, 4) is 0 Å². The summed E-state index contributed by atoms with van der Waals surface area (Å²) < 4.78 is 12.5. The number of alkyl halides is 1. The first-order chi connectivity index (χ1) is 3.72. The van der Waals surface area contributed by atoms with Gasteiger partial charge in [-0.15, -0.1) is 0 Å². The van der Waals surface area contributed by atoms with Gasteiger partial charge in [-0.2, -0.15) is 0 Å². The summed E-state index contributed by atoms with van der Waals surface area (Å²) in [7, 11) is 1.96. The quantitative estimate of drug-likeness (QED) is 0.400. The van der Waals surface area contributed by atoms with Gasteiger partial charge in [0.25, 0.3) is 0 Å². The molecule has 2 unspecified atom stereocenters. The summed E-state index contributed by atoms with van der Waals surface area (Å²) in [6.07, 6.45) is 0.137. The Kier molecular flexibility index (Phi) is 1.56. The molecule has 1 aliphatic rings. The van der Waals surface area contributed by atoms with E-state index in [9.17, 15) is 4.39 Å². The fraction of sp³-hybridized carbons (Fsp3) is 1.00. The molecule has 0 radical (unpaired) electrons. The highest BCUT2D eigenvalue weighted by molar-refractivity contribution is 6.04. The molecule has 1 fully saturated rings. The van der Waals surface area contributed by atoms with Crippen molar-refractivity contribution in [1.82, 2.24) is 4.81 Å². The van der Waals surface area contributed by atoms with Crippen LogP contribution in [-0.4, -0.2) is 31.6 Å². The molecule has 1 saturated heterocycles. The Hall–Kier alpha value is -0.0451. The molecule has 1 heterocycles. The molecule has 1 nitrogen and oxygen atoms in total. The van der Waals surface area contributed by atoms with Gasteiger partial charge in [-0.1, -0.05) is 0 Å². The number of hydrogen-bond acceptors (Lipinski definition) is 1. The van der Waals surface area contributed by atoms with Crippen molar-refractivity contribution in [2.75, 3.05) is 6.54 Å². The van der Waals surface area contributed by atoms with Gasteiger partial charge in [-0.3, -0.25) is 0 Å². The molecule has 3 heteroatoms. The molecular formula is C5H11BFN. The second-order valence-electron chi connectivity index (χ2n) is 2.53. The van der Waals surface area contributed by atoms with E-state index in [2.05, 4.69) is 0 Å². The molecule has 0 aliphatic carbocycles. The topological polar surface area (TPSA) is 3.24 Å². The van der Waals surface area contributed by atoms with Crippen molar-refractivity contribution in [3.63, 3.8) is 0 Å². The molecule has 1 rings (SSSR count). The fourth-order valence-corrected chi connectivity index (χ4v) is 1.05. The van der Waals surface area contributed by atoms with E-state index < -0.39 is 6.17 Å². The van der Waals surface area contributed by atoms with Crippen LogP contribution < -0.4 is 0 Å². The van der Waals surface area contributed by atoms with Crippen LogP contribution >= 0.6 is 0 Å². The Morgan fingerprint density at radius 3 is 2.50 bits per heavy atom. The van der Waals surface area contributed by atoms with Crippen LogP contribution in [0.2, 0.25) is 0 Å². The monoisotopic (exact) mass is 115 g/mol. The van der Waals surface area contributed by atoms with Gasteiger partial charge in [0.2, 0.25) is 0 Å². The van der Waals surface area contributed by atoms with Gasteiger partial charge in [-0.05, 0) is 19.9 Å². The van der Waals surface area contributed by atoms with E-state index in [0.29, 0.717) is 0 Å². The van der Waals surface area contributed by atoms with Crippen LogP contribution in [0.3, 0.4) is 0 Å². The molecule has 8 heavy (non-hydrogen) atoms. The summed E-state index contributed by atoms with van der Waals surface area (Å²) in [6, 6.07) is 0.148. The predicted molar refractivity (Wildman–Crippen MR) is 34.2 cm³/mol. The van der Waals surface area contributed by atoms with Gasteiger partial charge < -0.3 is 4.81 Å². The van der Waals surface area contributed by atoms with E-state index in [-0.39, 0.29) is 6.04 Å². The predicted octanol–water partition coefficient (Wildman–Crippen LogP) is -0.0332. The zero-order valence-electron chi connectivity index (χ0n) is 5.39. The molecule has 0 N–H and O–H groups in total. The Balaban J connectivity index is 2.44. The summed E-state index contributed by atoms with van der Waals surface area (Å²) in [4.78, 5) is 2.05. The second-order valence-corrected chi connectivity index (χ2v) is 2.53. The first-order valence-corrected chi connectivity index (χ1v) is 3.06. The van der Waals surface area contributed by atoms with Crippen molar-refractivity contribution in [3.05, 3.63) is 0 Å². The number of nitrogens with zero attached hydrogens (tertiary/aromatic N) is 1. The van der Waals surface area contributed by atoms with Crippen LogP contribution in [0.1, 0.15) is 13.3 Å². The minimum Gasteiger partial charge on any atom is -0.344 e. The molecular weight excluding hydrogens is 104 g/mol. The molecule has 1 aliphatic heterocycles. The molecule has 46 valence electrons. The van der Waals surface area contributed by atoms with Gasteiger partial charge in [0.05, 0.1) is 0 Å². The summed E-state index contributed by atoms with van der Waals surface area (Å²) in [6.45, 7) is 2.85. The van der Waals surface area contributed by atoms with Crippen molar-refractivity contribution >= 4 is 7.98 Å². The molecule has 0 aromatic heterocycles. The van der Waals surface area contributed by atoms with E-state index in [4.69, 9.17) is 0 Å². The third-order valence-corrected chi connectivity index (χ3v) is 1.98. The highest BCUT2D eigenvalue weighted by Gasteiger charge is 2.26. The highest BCUT2D eigenvalue weighted by Crippen LogP contribution is 2.17. The zero-order valence-corrected chi connectivity index (χ0v) is 5.39. The van der Waals surface area contributed by atoms with Gasteiger partial charge in [0.15, 0.2) is 7.98 Å². The number of rotatable bonds is 0. The molecule has 2 atom stereocenters. The second kappa shape index (κ2) is 2.06. The fourth-order valence-electron chi connectivity index (χ4n) is 1.05. The first kappa shape index (κ1) is 6.08. The van der Waals surface area contributed by atoms with Gasteiger partial charge in [0, 0.05) is 6.04 Å². The lowest BCUT2D eigenvalue weighted by atomic mass is 10.2. The minimum absolute atomic E-state index is 0.148. The molecule has 0 saturated carbocycles. The summed E-state index contributed by atoms with van der Waals surface area (Å²) in [5.74, 6) is 0. The van der Waals surface area contributed by atoms with E-state index >= 15 is 0 Å². The Morgan fingerprint density at radius 2 is 2.38 bits per heavy atom. The van der Waals surface area contributed by atoms with Crippen LogP contribution in [0.25, 0.3) is 0 Å². The van der Waals surface area contributed by atoms with Crippen LogP contribution in [0.4, 0.5) is 4.39 Å². The normalized spacial score (nSPS) is 40.8. The van der Waals surface area contributed by atoms with Gasteiger partial charge in [-0.25, -0.2) is 4.39 Å². The Morgan fingerprint density at radius 1 is 1.75 bits per heavy atom. The lowest BCUT2D eigenvalue weighted by molar-refractivity contribution is 0.279. The smallest absolute Gasteiger partial charge is 0.185 e. The Labute approximate surface area is 50.3 Å². The average molecular weight is 115 g/mol. The molecule has 0 bridgehead atoms. The lowest BCUT2D eigenvalue weighted by Gasteiger charge is -2.14. The van der Waals surface area contributed by atoms with E-state index in [1.54, 1.807) is 0 Å². The maximum atomic E-state index is 12.5. The third kappa shape index (κ3) is 0.871. The van der Waals surface area contributed by atoms with Gasteiger partial charge >= 0.3 is 0 Å². The van der Waals surface area contributed by atoms with Crippen LogP contribution in [-0.2, 0) is 0 Å². The van der Waals surface area contributed by atoms with Crippen molar-refractivity contribution < 1.29 is 4.39 Å². The maximum Gasteiger partial charge on any atom is 0.185 e. The van der Waals surface area contributed by atoms with Crippen molar-refractivity contribution in [2.24, 2.45) is 0 Å². The zero-order chi connectivity index (χ0) is 6.15. The SMILES string of the molecule is BN1CCC(F)C1C. The molecule has 0 aromatic rings. The van der Waals surface area contributed by atoms with Crippen molar-refractivity contribution in [1.29, 1.82) is 0 Å². The molecule has 0 spiro atoms. The third-order valence-electron chi connectivity index (χ3n) is 1.98. The van der Waals surface area contributed by atoms with E-state index in [1.165, 1.54) is 0 Å². The first-order valence-electron chi connectivity index (χ1n) is 3.06. The average Bonchev–Trinajstić information content (AvgIpc) is 1.98. The lowest BCUT2D eigenvalue weighted by Crippen LogP contribution is -2.27. The largest absolute Gasteiger partial charge is 0.344 e.